The number of para-hydroxylation sites is 1. The van der Waals surface area contributed by atoms with E-state index in [0.717, 1.165) is 20.7 Å². The lowest BCUT2D eigenvalue weighted by molar-refractivity contribution is -0.122. The zero-order valence-corrected chi connectivity index (χ0v) is 21.9. The molecule has 37 heavy (non-hydrogen) atoms. The maximum Gasteiger partial charge on any atom is 0.335 e. The summed E-state index contributed by atoms with van der Waals surface area (Å²) >= 11 is 3.33. The van der Waals surface area contributed by atoms with Crippen molar-refractivity contribution < 1.29 is 28.6 Å². The van der Waals surface area contributed by atoms with E-state index < -0.39 is 17.8 Å². The molecule has 0 aromatic heterocycles. The number of urea groups is 1. The summed E-state index contributed by atoms with van der Waals surface area (Å²) in [5, 5.41) is 2.22. The van der Waals surface area contributed by atoms with Crippen LogP contribution in [0, 0.1) is 6.92 Å². The third kappa shape index (κ3) is 6.18. The van der Waals surface area contributed by atoms with E-state index in [1.165, 1.54) is 6.08 Å². The first-order chi connectivity index (χ1) is 17.9. The normalized spacial score (nSPS) is 14.5. The molecular formula is C28H25BrN2O6. The fourth-order valence-corrected chi connectivity index (χ4v) is 3.94. The number of rotatable bonds is 9. The molecular weight excluding hydrogens is 540 g/mol. The molecule has 3 aromatic rings. The summed E-state index contributed by atoms with van der Waals surface area (Å²) in [6.07, 6.45) is 1.42. The summed E-state index contributed by atoms with van der Waals surface area (Å²) in [5.74, 6) is 0.266. The van der Waals surface area contributed by atoms with Gasteiger partial charge in [-0.25, -0.2) is 9.69 Å². The molecule has 8 nitrogen and oxygen atoms in total. The Hall–Kier alpha value is -4.11. The van der Waals surface area contributed by atoms with Crippen molar-refractivity contribution in [1.82, 2.24) is 5.32 Å². The van der Waals surface area contributed by atoms with Gasteiger partial charge in [-0.05, 0) is 73.5 Å². The summed E-state index contributed by atoms with van der Waals surface area (Å²) in [6, 6.07) is 18.6. The molecule has 0 atom stereocenters. The Kier molecular flexibility index (Phi) is 8.25. The number of amides is 4. The summed E-state index contributed by atoms with van der Waals surface area (Å²) in [5.41, 5.74) is 1.74. The van der Waals surface area contributed by atoms with E-state index in [0.29, 0.717) is 42.6 Å². The number of carbonyl (C=O) groups is 3. The molecule has 0 unspecified atom stereocenters. The Balaban J connectivity index is 1.51. The van der Waals surface area contributed by atoms with Gasteiger partial charge in [0, 0.05) is 4.47 Å². The van der Waals surface area contributed by atoms with Gasteiger partial charge >= 0.3 is 6.03 Å². The fraction of sp³-hybridized carbons (Fsp3) is 0.179. The van der Waals surface area contributed by atoms with Crippen molar-refractivity contribution in [3.8, 4) is 17.2 Å². The smallest absolute Gasteiger partial charge is 0.335 e. The number of aryl methyl sites for hydroxylation is 1. The SMILES string of the molecule is CCOc1cc(C=C2C(=O)NC(=O)N(c3ccc(Br)cc3)C2=O)ccc1OCCOc1ccccc1C. The molecule has 1 fully saturated rings. The fourth-order valence-electron chi connectivity index (χ4n) is 3.67. The van der Waals surface area contributed by atoms with Crippen LogP contribution in [-0.2, 0) is 9.59 Å². The van der Waals surface area contributed by atoms with Crippen LogP contribution in [0.4, 0.5) is 10.5 Å². The van der Waals surface area contributed by atoms with Crippen LogP contribution < -0.4 is 24.4 Å². The molecule has 0 spiro atoms. The molecule has 190 valence electrons. The maximum absolute atomic E-state index is 13.1. The number of nitrogens with one attached hydrogen (secondary N) is 1. The molecule has 1 aliphatic heterocycles. The van der Waals surface area contributed by atoms with Crippen molar-refractivity contribution >= 4 is 45.5 Å². The molecule has 1 heterocycles. The maximum atomic E-state index is 13.1. The van der Waals surface area contributed by atoms with Gasteiger partial charge in [-0.3, -0.25) is 14.9 Å². The Morgan fingerprint density at radius 3 is 2.27 bits per heavy atom. The van der Waals surface area contributed by atoms with Crippen LogP contribution in [0.5, 0.6) is 17.2 Å². The highest BCUT2D eigenvalue weighted by molar-refractivity contribution is 9.10. The van der Waals surface area contributed by atoms with Gasteiger partial charge in [0.1, 0.15) is 24.5 Å². The molecule has 0 bridgehead atoms. The number of imide groups is 2. The van der Waals surface area contributed by atoms with Gasteiger partial charge in [0.25, 0.3) is 11.8 Å². The van der Waals surface area contributed by atoms with Crippen molar-refractivity contribution in [3.05, 3.63) is 87.9 Å². The third-order valence-electron chi connectivity index (χ3n) is 5.46. The van der Waals surface area contributed by atoms with Crippen LogP contribution in [0.1, 0.15) is 18.1 Å². The predicted molar refractivity (Wildman–Crippen MR) is 143 cm³/mol. The summed E-state index contributed by atoms with van der Waals surface area (Å²) < 4.78 is 18.2. The standard InChI is InChI=1S/C28H25BrN2O6/c1-3-35-25-17-19(8-13-24(25)37-15-14-36-23-7-5-4-6-18(23)2)16-22-26(32)30-28(34)31(27(22)33)21-11-9-20(29)10-12-21/h4-13,16-17H,3,14-15H2,1-2H3,(H,30,32,34). The van der Waals surface area contributed by atoms with Crippen LogP contribution >= 0.6 is 15.9 Å². The van der Waals surface area contributed by atoms with Crippen LogP contribution in [0.2, 0.25) is 0 Å². The largest absolute Gasteiger partial charge is 0.490 e. The number of halogens is 1. The van der Waals surface area contributed by atoms with Crippen molar-refractivity contribution in [2.75, 3.05) is 24.7 Å². The van der Waals surface area contributed by atoms with E-state index in [-0.39, 0.29) is 5.57 Å². The zero-order valence-electron chi connectivity index (χ0n) is 20.3. The Bertz CT molecular complexity index is 1350. The summed E-state index contributed by atoms with van der Waals surface area (Å²) in [4.78, 5) is 39.0. The number of anilines is 1. The number of carbonyl (C=O) groups excluding carboxylic acids is 3. The van der Waals surface area contributed by atoms with Crippen molar-refractivity contribution in [2.45, 2.75) is 13.8 Å². The van der Waals surface area contributed by atoms with Gasteiger partial charge in [-0.2, -0.15) is 0 Å². The van der Waals surface area contributed by atoms with Gasteiger partial charge < -0.3 is 14.2 Å². The molecule has 0 radical (unpaired) electrons. The first-order valence-corrected chi connectivity index (χ1v) is 12.4. The Labute approximate surface area is 223 Å². The van der Waals surface area contributed by atoms with Gasteiger partial charge in [-0.15, -0.1) is 0 Å². The molecule has 0 saturated carbocycles. The number of barbiturate groups is 1. The molecule has 9 heteroatoms. The highest BCUT2D eigenvalue weighted by Crippen LogP contribution is 2.30. The van der Waals surface area contributed by atoms with Crippen molar-refractivity contribution in [1.29, 1.82) is 0 Å². The Morgan fingerprint density at radius 1 is 0.865 bits per heavy atom. The first kappa shape index (κ1) is 26.0. The number of benzene rings is 3. The van der Waals surface area contributed by atoms with E-state index in [4.69, 9.17) is 14.2 Å². The predicted octanol–water partition coefficient (Wildman–Crippen LogP) is 5.28. The topological polar surface area (TPSA) is 94.2 Å². The minimum atomic E-state index is -0.804. The van der Waals surface area contributed by atoms with E-state index in [2.05, 4.69) is 21.2 Å². The molecule has 0 aliphatic carbocycles. The average Bonchev–Trinajstić information content (AvgIpc) is 2.87. The second kappa shape index (κ2) is 11.7. The van der Waals surface area contributed by atoms with Crippen LogP contribution in [0.3, 0.4) is 0 Å². The molecule has 1 N–H and O–H groups in total. The highest BCUT2D eigenvalue weighted by atomic mass is 79.9. The molecule has 1 aliphatic rings. The zero-order chi connectivity index (χ0) is 26.4. The Morgan fingerprint density at radius 2 is 1.57 bits per heavy atom. The van der Waals surface area contributed by atoms with E-state index in [1.807, 2.05) is 38.1 Å². The van der Waals surface area contributed by atoms with Crippen molar-refractivity contribution in [2.24, 2.45) is 0 Å². The minimum Gasteiger partial charge on any atom is -0.490 e. The second-order valence-electron chi connectivity index (χ2n) is 8.04. The van der Waals surface area contributed by atoms with E-state index in [1.54, 1.807) is 42.5 Å². The van der Waals surface area contributed by atoms with E-state index in [9.17, 15) is 14.4 Å². The van der Waals surface area contributed by atoms with Crippen molar-refractivity contribution in [3.63, 3.8) is 0 Å². The lowest BCUT2D eigenvalue weighted by atomic mass is 10.1. The minimum absolute atomic E-state index is 0.176. The molecule has 4 amide bonds. The highest BCUT2D eigenvalue weighted by Gasteiger charge is 2.36. The molecule has 1 saturated heterocycles. The monoisotopic (exact) mass is 564 g/mol. The van der Waals surface area contributed by atoms with Gasteiger partial charge in [-0.1, -0.05) is 40.2 Å². The first-order valence-electron chi connectivity index (χ1n) is 11.6. The van der Waals surface area contributed by atoms with Crippen LogP contribution in [0.15, 0.2) is 76.8 Å². The number of ether oxygens (including phenoxy) is 3. The quantitative estimate of drug-likeness (QED) is 0.216. The number of hydrogen-bond acceptors (Lipinski definition) is 6. The lowest BCUT2D eigenvalue weighted by Gasteiger charge is -2.26. The molecule has 3 aromatic carbocycles. The van der Waals surface area contributed by atoms with Crippen LogP contribution in [0.25, 0.3) is 6.08 Å². The summed E-state index contributed by atoms with van der Waals surface area (Å²) in [6.45, 7) is 4.84. The number of hydrogen-bond donors (Lipinski definition) is 1. The number of nitrogens with zero attached hydrogens (tertiary/aromatic N) is 1. The summed E-state index contributed by atoms with van der Waals surface area (Å²) in [7, 11) is 0. The van der Waals surface area contributed by atoms with Gasteiger partial charge in [0.05, 0.1) is 12.3 Å². The van der Waals surface area contributed by atoms with Crippen LogP contribution in [-0.4, -0.2) is 37.7 Å². The average molecular weight is 565 g/mol. The molecule has 4 rings (SSSR count). The second-order valence-corrected chi connectivity index (χ2v) is 8.95. The van der Waals surface area contributed by atoms with Gasteiger partial charge in [0.15, 0.2) is 11.5 Å². The van der Waals surface area contributed by atoms with E-state index >= 15 is 0 Å². The third-order valence-corrected chi connectivity index (χ3v) is 5.99. The lowest BCUT2D eigenvalue weighted by Crippen LogP contribution is -2.54. The van der Waals surface area contributed by atoms with Gasteiger partial charge in [0.2, 0.25) is 0 Å².